The average molecular weight is 417 g/mol. The lowest BCUT2D eigenvalue weighted by atomic mass is 9.97. The molecule has 1 atom stereocenters. The molecule has 2 aromatic carbocycles. The fourth-order valence-electron chi connectivity index (χ4n) is 3.87. The third-order valence-electron chi connectivity index (χ3n) is 5.70. The molecule has 4 rings (SSSR count). The summed E-state index contributed by atoms with van der Waals surface area (Å²) >= 11 is 0. The number of anilines is 1. The van der Waals surface area contributed by atoms with E-state index in [1.165, 1.54) is 5.56 Å². The minimum Gasteiger partial charge on any atom is -0.497 e. The Balaban J connectivity index is 1.36. The molecule has 1 N–H and O–H groups in total. The molecule has 6 nitrogen and oxygen atoms in total. The van der Waals surface area contributed by atoms with E-state index < -0.39 is 0 Å². The second kappa shape index (κ2) is 9.60. The van der Waals surface area contributed by atoms with Crippen molar-refractivity contribution >= 4 is 11.9 Å². The van der Waals surface area contributed by atoms with Gasteiger partial charge in [-0.2, -0.15) is 0 Å². The summed E-state index contributed by atoms with van der Waals surface area (Å²) in [6.07, 6.45) is 5.54. The largest absolute Gasteiger partial charge is 0.497 e. The molecule has 3 aromatic rings. The van der Waals surface area contributed by atoms with Crippen molar-refractivity contribution in [1.82, 2.24) is 15.3 Å². The van der Waals surface area contributed by atoms with Crippen LogP contribution in [0.4, 0.5) is 5.95 Å². The molecule has 1 aromatic heterocycles. The van der Waals surface area contributed by atoms with Crippen LogP contribution in [0.3, 0.4) is 0 Å². The van der Waals surface area contributed by atoms with Crippen molar-refractivity contribution in [2.75, 3.05) is 25.1 Å². The zero-order valence-corrected chi connectivity index (χ0v) is 18.0. The molecule has 1 fully saturated rings. The van der Waals surface area contributed by atoms with E-state index in [9.17, 15) is 4.79 Å². The Kier molecular flexibility index (Phi) is 6.46. The Bertz CT molecular complexity index is 1020. The van der Waals surface area contributed by atoms with E-state index >= 15 is 0 Å². The van der Waals surface area contributed by atoms with Crippen LogP contribution in [0.1, 0.15) is 24.0 Å². The van der Waals surface area contributed by atoms with Crippen LogP contribution in [0.25, 0.3) is 11.1 Å². The van der Waals surface area contributed by atoms with Crippen molar-refractivity contribution in [3.63, 3.8) is 0 Å². The molecule has 2 heterocycles. The van der Waals surface area contributed by atoms with Crippen molar-refractivity contribution in [2.24, 2.45) is 5.92 Å². The molecular formula is C25H28N4O2. The standard InChI is InChI=1S/C25H28N4O2/c1-18-8-10-20(11-9-18)22-15-27-25(28-16-22)29-12-4-6-21(17-29)24(30)26-14-19-5-3-7-23(13-19)31-2/h3,5,7-11,13,15-16,21H,4,6,12,14,17H2,1-2H3,(H,26,30)/t21-/m1/s1. The zero-order valence-electron chi connectivity index (χ0n) is 18.0. The molecule has 1 aliphatic rings. The van der Waals surface area contributed by atoms with E-state index in [-0.39, 0.29) is 11.8 Å². The van der Waals surface area contributed by atoms with Gasteiger partial charge in [-0.05, 0) is 43.0 Å². The summed E-state index contributed by atoms with van der Waals surface area (Å²) in [5.74, 6) is 1.48. The number of aryl methyl sites for hydroxylation is 1. The minimum atomic E-state index is -0.0697. The third-order valence-corrected chi connectivity index (χ3v) is 5.70. The van der Waals surface area contributed by atoms with Crippen molar-refractivity contribution in [1.29, 1.82) is 0 Å². The highest BCUT2D eigenvalue weighted by Gasteiger charge is 2.27. The topological polar surface area (TPSA) is 67.3 Å². The Labute approximate surface area is 183 Å². The molecular weight excluding hydrogens is 388 g/mol. The molecule has 0 bridgehead atoms. The van der Waals surface area contributed by atoms with E-state index in [1.807, 2.05) is 36.7 Å². The number of hydrogen-bond acceptors (Lipinski definition) is 5. The summed E-state index contributed by atoms with van der Waals surface area (Å²) < 4.78 is 5.25. The molecule has 1 amide bonds. The Hall–Kier alpha value is -3.41. The number of amides is 1. The second-order valence-electron chi connectivity index (χ2n) is 7.99. The van der Waals surface area contributed by atoms with Crippen molar-refractivity contribution in [3.05, 3.63) is 72.1 Å². The lowest BCUT2D eigenvalue weighted by Crippen LogP contribution is -2.43. The van der Waals surface area contributed by atoms with Crippen molar-refractivity contribution in [2.45, 2.75) is 26.3 Å². The molecule has 1 saturated heterocycles. The van der Waals surface area contributed by atoms with Crippen LogP contribution in [0, 0.1) is 12.8 Å². The van der Waals surface area contributed by atoms with E-state index in [0.717, 1.165) is 41.8 Å². The minimum absolute atomic E-state index is 0.0697. The van der Waals surface area contributed by atoms with Crippen LogP contribution in [0.2, 0.25) is 0 Å². The molecule has 0 unspecified atom stereocenters. The normalized spacial score (nSPS) is 16.1. The highest BCUT2D eigenvalue weighted by atomic mass is 16.5. The van der Waals surface area contributed by atoms with Gasteiger partial charge in [-0.25, -0.2) is 9.97 Å². The van der Waals surface area contributed by atoms with Crippen LogP contribution in [-0.4, -0.2) is 36.1 Å². The quantitative estimate of drug-likeness (QED) is 0.658. The van der Waals surface area contributed by atoms with Gasteiger partial charge in [0.05, 0.1) is 13.0 Å². The molecule has 6 heteroatoms. The summed E-state index contributed by atoms with van der Waals surface area (Å²) in [5.41, 5.74) is 4.35. The van der Waals surface area contributed by atoms with Gasteiger partial charge in [0, 0.05) is 37.6 Å². The smallest absolute Gasteiger partial charge is 0.225 e. The van der Waals surface area contributed by atoms with Gasteiger partial charge >= 0.3 is 0 Å². The van der Waals surface area contributed by atoms with Crippen molar-refractivity contribution < 1.29 is 9.53 Å². The van der Waals surface area contributed by atoms with Gasteiger partial charge in [-0.15, -0.1) is 0 Å². The molecule has 0 radical (unpaired) electrons. The number of ether oxygens (including phenoxy) is 1. The van der Waals surface area contributed by atoms with Gasteiger partial charge < -0.3 is 15.0 Å². The predicted molar refractivity (Wildman–Crippen MR) is 122 cm³/mol. The maximum atomic E-state index is 12.8. The first-order chi connectivity index (χ1) is 15.1. The number of nitrogens with zero attached hydrogens (tertiary/aromatic N) is 3. The molecule has 31 heavy (non-hydrogen) atoms. The number of methoxy groups -OCH3 is 1. The van der Waals surface area contributed by atoms with Crippen LogP contribution in [-0.2, 0) is 11.3 Å². The molecule has 0 spiro atoms. The van der Waals surface area contributed by atoms with Gasteiger partial charge in [0.1, 0.15) is 5.75 Å². The Morgan fingerprint density at radius 3 is 2.65 bits per heavy atom. The number of aromatic nitrogens is 2. The summed E-state index contributed by atoms with van der Waals surface area (Å²) in [7, 11) is 1.64. The number of piperidine rings is 1. The first-order valence-corrected chi connectivity index (χ1v) is 10.7. The maximum Gasteiger partial charge on any atom is 0.225 e. The zero-order chi connectivity index (χ0) is 21.6. The fourth-order valence-corrected chi connectivity index (χ4v) is 3.87. The molecule has 0 aliphatic carbocycles. The number of hydrogen-bond donors (Lipinski definition) is 1. The number of benzene rings is 2. The van der Waals surface area contributed by atoms with Crippen LogP contribution in [0.15, 0.2) is 60.9 Å². The number of carbonyl (C=O) groups is 1. The van der Waals surface area contributed by atoms with E-state index in [1.54, 1.807) is 7.11 Å². The van der Waals surface area contributed by atoms with Crippen LogP contribution >= 0.6 is 0 Å². The first kappa shape index (κ1) is 20.8. The predicted octanol–water partition coefficient (Wildman–Crippen LogP) is 3.99. The average Bonchev–Trinajstić information content (AvgIpc) is 2.83. The number of nitrogens with one attached hydrogen (secondary N) is 1. The van der Waals surface area contributed by atoms with Gasteiger partial charge in [0.15, 0.2) is 0 Å². The van der Waals surface area contributed by atoms with Gasteiger partial charge in [0.25, 0.3) is 0 Å². The maximum absolute atomic E-state index is 12.8. The Morgan fingerprint density at radius 1 is 1.13 bits per heavy atom. The lowest BCUT2D eigenvalue weighted by molar-refractivity contribution is -0.125. The van der Waals surface area contributed by atoms with Gasteiger partial charge in [-0.3, -0.25) is 4.79 Å². The highest BCUT2D eigenvalue weighted by Crippen LogP contribution is 2.23. The van der Waals surface area contributed by atoms with Gasteiger partial charge in [0.2, 0.25) is 11.9 Å². The first-order valence-electron chi connectivity index (χ1n) is 10.7. The van der Waals surface area contributed by atoms with Gasteiger partial charge in [-0.1, -0.05) is 42.0 Å². The summed E-state index contributed by atoms with van der Waals surface area (Å²) in [4.78, 5) is 24.0. The summed E-state index contributed by atoms with van der Waals surface area (Å²) in [6, 6.07) is 16.1. The molecule has 160 valence electrons. The van der Waals surface area contributed by atoms with E-state index in [2.05, 4.69) is 51.4 Å². The summed E-state index contributed by atoms with van der Waals surface area (Å²) in [5, 5.41) is 3.07. The van der Waals surface area contributed by atoms with Crippen molar-refractivity contribution in [3.8, 4) is 16.9 Å². The fraction of sp³-hybridized carbons (Fsp3) is 0.320. The van der Waals surface area contributed by atoms with Crippen LogP contribution in [0.5, 0.6) is 5.75 Å². The van der Waals surface area contributed by atoms with E-state index in [4.69, 9.17) is 4.74 Å². The van der Waals surface area contributed by atoms with E-state index in [0.29, 0.717) is 19.0 Å². The number of carbonyl (C=O) groups excluding carboxylic acids is 1. The molecule has 1 aliphatic heterocycles. The number of rotatable bonds is 6. The SMILES string of the molecule is COc1cccc(CNC(=O)[C@@H]2CCCN(c3ncc(-c4ccc(C)cc4)cn3)C2)c1. The second-order valence-corrected chi connectivity index (χ2v) is 7.99. The van der Waals surface area contributed by atoms with Crippen LogP contribution < -0.4 is 15.0 Å². The Morgan fingerprint density at radius 2 is 1.90 bits per heavy atom. The third kappa shape index (κ3) is 5.20. The summed E-state index contributed by atoms with van der Waals surface area (Å²) in [6.45, 7) is 4.06. The molecule has 0 saturated carbocycles. The monoisotopic (exact) mass is 416 g/mol. The highest BCUT2D eigenvalue weighted by molar-refractivity contribution is 5.79. The lowest BCUT2D eigenvalue weighted by Gasteiger charge is -2.32.